The first-order chi connectivity index (χ1) is 8.82. The number of amides is 1. The molecule has 2 N–H and O–H groups in total. The average Bonchev–Trinajstić information content (AvgIpc) is 2.36. The SMILES string of the molecule is CC(C)CC(N)C(=O)N(C)c1ccc([N+](=O)[O-])cc1. The van der Waals surface area contributed by atoms with Crippen molar-refractivity contribution >= 4 is 17.3 Å². The number of carbonyl (C=O) groups excluding carboxylic acids is 1. The van der Waals surface area contributed by atoms with E-state index in [-0.39, 0.29) is 11.6 Å². The van der Waals surface area contributed by atoms with Crippen LogP contribution in [0.5, 0.6) is 0 Å². The van der Waals surface area contributed by atoms with Gasteiger partial charge in [0.15, 0.2) is 0 Å². The van der Waals surface area contributed by atoms with E-state index in [0.29, 0.717) is 18.0 Å². The number of nitro benzene ring substituents is 1. The van der Waals surface area contributed by atoms with Crippen LogP contribution in [0.25, 0.3) is 0 Å². The van der Waals surface area contributed by atoms with Gasteiger partial charge in [-0.1, -0.05) is 13.8 Å². The minimum Gasteiger partial charge on any atom is -0.320 e. The Morgan fingerprint density at radius 2 is 1.89 bits per heavy atom. The Bertz CT molecular complexity index is 457. The summed E-state index contributed by atoms with van der Waals surface area (Å²) in [4.78, 5) is 23.6. The second-order valence-corrected chi connectivity index (χ2v) is 4.91. The second kappa shape index (κ2) is 6.29. The van der Waals surface area contributed by atoms with E-state index in [4.69, 9.17) is 5.73 Å². The fraction of sp³-hybridized carbons (Fsp3) is 0.462. The quantitative estimate of drug-likeness (QED) is 0.650. The van der Waals surface area contributed by atoms with Gasteiger partial charge in [-0.25, -0.2) is 0 Å². The monoisotopic (exact) mass is 265 g/mol. The topological polar surface area (TPSA) is 89.5 Å². The number of nitro groups is 1. The minimum atomic E-state index is -0.555. The largest absolute Gasteiger partial charge is 0.320 e. The molecule has 1 unspecified atom stereocenters. The maximum atomic E-state index is 12.1. The molecular weight excluding hydrogens is 246 g/mol. The van der Waals surface area contributed by atoms with Crippen LogP contribution in [-0.2, 0) is 4.79 Å². The van der Waals surface area contributed by atoms with Gasteiger partial charge >= 0.3 is 0 Å². The van der Waals surface area contributed by atoms with Crippen LogP contribution >= 0.6 is 0 Å². The van der Waals surface area contributed by atoms with E-state index in [2.05, 4.69) is 0 Å². The second-order valence-electron chi connectivity index (χ2n) is 4.91. The van der Waals surface area contributed by atoms with Gasteiger partial charge in [-0.2, -0.15) is 0 Å². The Kier molecular flexibility index (Phi) is 5.00. The lowest BCUT2D eigenvalue weighted by atomic mass is 10.0. The van der Waals surface area contributed by atoms with E-state index in [1.54, 1.807) is 7.05 Å². The number of non-ortho nitro benzene ring substituents is 1. The van der Waals surface area contributed by atoms with E-state index in [0.717, 1.165) is 0 Å². The van der Waals surface area contributed by atoms with Crippen LogP contribution in [0.4, 0.5) is 11.4 Å². The van der Waals surface area contributed by atoms with Crippen LogP contribution in [0.1, 0.15) is 20.3 Å². The van der Waals surface area contributed by atoms with E-state index in [1.165, 1.54) is 29.2 Å². The Morgan fingerprint density at radius 1 is 1.37 bits per heavy atom. The van der Waals surface area contributed by atoms with Crippen molar-refractivity contribution in [2.45, 2.75) is 26.3 Å². The summed E-state index contributed by atoms with van der Waals surface area (Å²) in [5.41, 5.74) is 6.42. The molecule has 0 heterocycles. The molecule has 1 aromatic carbocycles. The number of nitrogens with two attached hydrogens (primary N) is 1. The number of carbonyl (C=O) groups is 1. The van der Waals surface area contributed by atoms with Gasteiger partial charge in [-0.05, 0) is 24.5 Å². The number of rotatable bonds is 5. The Labute approximate surface area is 112 Å². The smallest absolute Gasteiger partial charge is 0.269 e. The normalized spacial score (nSPS) is 12.3. The molecule has 0 aliphatic heterocycles. The number of anilines is 1. The highest BCUT2D eigenvalue weighted by Crippen LogP contribution is 2.19. The van der Waals surface area contributed by atoms with Gasteiger partial charge in [0.2, 0.25) is 5.91 Å². The van der Waals surface area contributed by atoms with Gasteiger partial charge < -0.3 is 10.6 Å². The molecule has 6 nitrogen and oxygen atoms in total. The van der Waals surface area contributed by atoms with Crippen LogP contribution in [0.2, 0.25) is 0 Å². The number of nitrogens with zero attached hydrogens (tertiary/aromatic N) is 2. The Balaban J connectivity index is 2.79. The molecule has 1 amide bonds. The molecule has 0 saturated carbocycles. The Hall–Kier alpha value is -1.95. The summed E-state index contributed by atoms with van der Waals surface area (Å²) in [7, 11) is 1.61. The highest BCUT2D eigenvalue weighted by atomic mass is 16.6. The minimum absolute atomic E-state index is 0.00363. The molecule has 0 bridgehead atoms. The lowest BCUT2D eigenvalue weighted by molar-refractivity contribution is -0.384. The predicted octanol–water partition coefficient (Wildman–Crippen LogP) is 1.93. The van der Waals surface area contributed by atoms with Crippen molar-refractivity contribution in [1.82, 2.24) is 0 Å². The number of likely N-dealkylation sites (N-methyl/N-ethyl adjacent to an activating group) is 1. The predicted molar refractivity (Wildman–Crippen MR) is 73.9 cm³/mol. The van der Waals surface area contributed by atoms with E-state index in [9.17, 15) is 14.9 Å². The summed E-state index contributed by atoms with van der Waals surface area (Å²) in [6, 6.07) is 5.26. The molecule has 0 saturated heterocycles. The molecule has 0 aromatic heterocycles. The standard InChI is InChI=1S/C13H19N3O3/c1-9(2)8-12(14)13(17)15(3)10-4-6-11(7-5-10)16(18)19/h4-7,9,12H,8,14H2,1-3H3. The van der Waals surface area contributed by atoms with Crippen LogP contribution in [0, 0.1) is 16.0 Å². The maximum absolute atomic E-state index is 12.1. The van der Waals surface area contributed by atoms with Gasteiger partial charge in [-0.15, -0.1) is 0 Å². The van der Waals surface area contributed by atoms with Crippen molar-refractivity contribution in [3.63, 3.8) is 0 Å². The van der Waals surface area contributed by atoms with Crippen LogP contribution < -0.4 is 10.6 Å². The lowest BCUT2D eigenvalue weighted by Crippen LogP contribution is -2.42. The third-order valence-corrected chi connectivity index (χ3v) is 2.82. The van der Waals surface area contributed by atoms with Gasteiger partial charge in [0, 0.05) is 24.9 Å². The third-order valence-electron chi connectivity index (χ3n) is 2.82. The summed E-state index contributed by atoms with van der Waals surface area (Å²) in [5.74, 6) is 0.145. The molecule has 104 valence electrons. The molecule has 0 aliphatic carbocycles. The van der Waals surface area contributed by atoms with Crippen LogP contribution in [0.15, 0.2) is 24.3 Å². The molecule has 0 fully saturated rings. The molecular formula is C13H19N3O3. The van der Waals surface area contributed by atoms with E-state index in [1.807, 2.05) is 13.8 Å². The fourth-order valence-electron chi connectivity index (χ4n) is 1.78. The highest BCUT2D eigenvalue weighted by Gasteiger charge is 2.20. The summed E-state index contributed by atoms with van der Waals surface area (Å²) in [5, 5.41) is 10.6. The van der Waals surface area contributed by atoms with Crippen LogP contribution in [-0.4, -0.2) is 23.9 Å². The summed E-state index contributed by atoms with van der Waals surface area (Å²) >= 11 is 0. The van der Waals surface area contributed by atoms with Crippen LogP contribution in [0.3, 0.4) is 0 Å². The van der Waals surface area contributed by atoms with Gasteiger partial charge in [0.05, 0.1) is 11.0 Å². The zero-order valence-corrected chi connectivity index (χ0v) is 11.4. The maximum Gasteiger partial charge on any atom is 0.269 e. The first-order valence-electron chi connectivity index (χ1n) is 6.10. The average molecular weight is 265 g/mol. The van der Waals surface area contributed by atoms with Gasteiger partial charge in [0.25, 0.3) is 5.69 Å². The third kappa shape index (κ3) is 4.03. The molecule has 0 radical (unpaired) electrons. The number of benzene rings is 1. The van der Waals surface area contributed by atoms with Gasteiger partial charge in [0.1, 0.15) is 0 Å². The lowest BCUT2D eigenvalue weighted by Gasteiger charge is -2.22. The molecule has 1 rings (SSSR count). The van der Waals surface area contributed by atoms with E-state index < -0.39 is 11.0 Å². The molecule has 19 heavy (non-hydrogen) atoms. The molecule has 6 heteroatoms. The summed E-state index contributed by atoms with van der Waals surface area (Å²) in [6.07, 6.45) is 0.607. The fourth-order valence-corrected chi connectivity index (χ4v) is 1.78. The van der Waals surface area contributed by atoms with Crippen molar-refractivity contribution in [2.75, 3.05) is 11.9 Å². The van der Waals surface area contributed by atoms with Crippen molar-refractivity contribution in [2.24, 2.45) is 11.7 Å². The molecule has 0 spiro atoms. The zero-order valence-electron chi connectivity index (χ0n) is 11.4. The highest BCUT2D eigenvalue weighted by molar-refractivity contribution is 5.96. The summed E-state index contributed by atoms with van der Waals surface area (Å²) < 4.78 is 0. The number of hydrogen-bond acceptors (Lipinski definition) is 4. The van der Waals surface area contributed by atoms with Crippen molar-refractivity contribution < 1.29 is 9.72 Å². The molecule has 0 aliphatic rings. The Morgan fingerprint density at radius 3 is 2.32 bits per heavy atom. The molecule has 1 atom stereocenters. The van der Waals surface area contributed by atoms with Crippen molar-refractivity contribution in [1.29, 1.82) is 0 Å². The first-order valence-corrected chi connectivity index (χ1v) is 6.10. The summed E-state index contributed by atoms with van der Waals surface area (Å²) in [6.45, 7) is 4.00. The van der Waals surface area contributed by atoms with Crippen molar-refractivity contribution in [3.8, 4) is 0 Å². The zero-order chi connectivity index (χ0) is 14.6. The number of hydrogen-bond donors (Lipinski definition) is 1. The van der Waals surface area contributed by atoms with Crippen molar-refractivity contribution in [3.05, 3.63) is 34.4 Å². The molecule has 1 aromatic rings. The van der Waals surface area contributed by atoms with E-state index >= 15 is 0 Å². The van der Waals surface area contributed by atoms with Gasteiger partial charge in [-0.3, -0.25) is 14.9 Å². The first kappa shape index (κ1) is 15.1.